The standard InChI is InChI=1S/C12H17BrN2O2/c1-8-6-10(4-5-11(8)13)14-12(17)15(3)9(2)7-16/h4-6,9,16H,7H2,1-3H3,(H,14,17). The molecule has 0 bridgehead atoms. The number of likely N-dealkylation sites (N-methyl/N-ethyl adjacent to an activating group) is 1. The second-order valence-corrected chi connectivity index (χ2v) is 4.89. The van der Waals surface area contributed by atoms with E-state index in [4.69, 9.17) is 5.11 Å². The van der Waals surface area contributed by atoms with Crippen LogP contribution in [-0.4, -0.2) is 35.7 Å². The van der Waals surface area contributed by atoms with Gasteiger partial charge in [-0.3, -0.25) is 0 Å². The van der Waals surface area contributed by atoms with Crippen LogP contribution >= 0.6 is 15.9 Å². The third kappa shape index (κ3) is 3.71. The zero-order chi connectivity index (χ0) is 13.0. The number of carbonyl (C=O) groups excluding carboxylic acids is 1. The van der Waals surface area contributed by atoms with Crippen LogP contribution in [-0.2, 0) is 0 Å². The number of amides is 2. The van der Waals surface area contributed by atoms with Gasteiger partial charge in [0.15, 0.2) is 0 Å². The lowest BCUT2D eigenvalue weighted by molar-refractivity contribution is 0.166. The summed E-state index contributed by atoms with van der Waals surface area (Å²) in [6.45, 7) is 3.69. The van der Waals surface area contributed by atoms with E-state index >= 15 is 0 Å². The number of nitrogens with one attached hydrogen (secondary N) is 1. The van der Waals surface area contributed by atoms with Gasteiger partial charge in [0, 0.05) is 17.2 Å². The first-order valence-corrected chi connectivity index (χ1v) is 6.15. The second kappa shape index (κ2) is 6.02. The van der Waals surface area contributed by atoms with Gasteiger partial charge in [0.2, 0.25) is 0 Å². The fraction of sp³-hybridized carbons (Fsp3) is 0.417. The topological polar surface area (TPSA) is 52.6 Å². The van der Waals surface area contributed by atoms with Gasteiger partial charge in [-0.2, -0.15) is 0 Å². The minimum absolute atomic E-state index is 0.0523. The van der Waals surface area contributed by atoms with E-state index in [1.807, 2.05) is 25.1 Å². The molecule has 0 saturated carbocycles. The van der Waals surface area contributed by atoms with E-state index in [9.17, 15) is 4.79 Å². The Hall–Kier alpha value is -1.07. The number of aliphatic hydroxyl groups excluding tert-OH is 1. The molecule has 1 atom stereocenters. The maximum atomic E-state index is 11.8. The molecule has 0 fully saturated rings. The molecule has 0 aliphatic heterocycles. The number of halogens is 1. The molecule has 2 N–H and O–H groups in total. The fourth-order valence-electron chi connectivity index (χ4n) is 1.26. The number of anilines is 1. The smallest absolute Gasteiger partial charge is 0.321 e. The molecule has 17 heavy (non-hydrogen) atoms. The predicted molar refractivity (Wildman–Crippen MR) is 72.2 cm³/mol. The van der Waals surface area contributed by atoms with E-state index in [0.717, 1.165) is 15.7 Å². The Kier molecular flexibility index (Phi) is 4.96. The molecule has 1 rings (SSSR count). The van der Waals surface area contributed by atoms with Crippen LogP contribution in [0, 0.1) is 6.92 Å². The Morgan fingerprint density at radius 1 is 1.59 bits per heavy atom. The van der Waals surface area contributed by atoms with E-state index in [1.54, 1.807) is 14.0 Å². The van der Waals surface area contributed by atoms with Crippen molar-refractivity contribution < 1.29 is 9.90 Å². The minimum Gasteiger partial charge on any atom is -0.394 e. The number of aliphatic hydroxyl groups is 1. The SMILES string of the molecule is Cc1cc(NC(=O)N(C)C(C)CO)ccc1Br. The molecule has 94 valence electrons. The normalized spacial score (nSPS) is 12.1. The summed E-state index contributed by atoms with van der Waals surface area (Å²) < 4.78 is 1.01. The number of benzene rings is 1. The molecule has 2 amide bonds. The quantitative estimate of drug-likeness (QED) is 0.901. The lowest BCUT2D eigenvalue weighted by Crippen LogP contribution is -2.40. The van der Waals surface area contributed by atoms with E-state index < -0.39 is 0 Å². The van der Waals surface area contributed by atoms with Crippen molar-refractivity contribution in [2.45, 2.75) is 19.9 Å². The van der Waals surface area contributed by atoms with Crippen LogP contribution in [0.5, 0.6) is 0 Å². The molecular formula is C12H17BrN2O2. The Morgan fingerprint density at radius 2 is 2.24 bits per heavy atom. The molecule has 1 aromatic rings. The molecule has 0 spiro atoms. The Balaban J connectivity index is 2.71. The third-order valence-corrected chi connectivity index (χ3v) is 3.54. The van der Waals surface area contributed by atoms with Gasteiger partial charge >= 0.3 is 6.03 Å². The highest BCUT2D eigenvalue weighted by molar-refractivity contribution is 9.10. The highest BCUT2D eigenvalue weighted by atomic mass is 79.9. The summed E-state index contributed by atoms with van der Waals surface area (Å²) in [6.07, 6.45) is 0. The van der Waals surface area contributed by atoms with Crippen LogP contribution in [0.15, 0.2) is 22.7 Å². The third-order valence-electron chi connectivity index (χ3n) is 2.65. The summed E-state index contributed by atoms with van der Waals surface area (Å²) in [7, 11) is 1.65. The van der Waals surface area contributed by atoms with Gasteiger partial charge in [0.1, 0.15) is 0 Å². The van der Waals surface area contributed by atoms with Gasteiger partial charge in [-0.25, -0.2) is 4.79 Å². The molecule has 1 aromatic carbocycles. The van der Waals surface area contributed by atoms with E-state index in [2.05, 4.69) is 21.2 Å². The van der Waals surface area contributed by atoms with E-state index in [0.29, 0.717) is 0 Å². The number of carbonyl (C=O) groups is 1. The van der Waals surface area contributed by atoms with Crippen LogP contribution in [0.25, 0.3) is 0 Å². The number of nitrogens with zero attached hydrogens (tertiary/aromatic N) is 1. The summed E-state index contributed by atoms with van der Waals surface area (Å²) in [4.78, 5) is 13.3. The first-order chi connectivity index (χ1) is 7.95. The van der Waals surface area contributed by atoms with Crippen LogP contribution < -0.4 is 5.32 Å². The molecule has 0 aromatic heterocycles. The van der Waals surface area contributed by atoms with Crippen molar-refractivity contribution in [3.05, 3.63) is 28.2 Å². The molecule has 5 heteroatoms. The zero-order valence-electron chi connectivity index (χ0n) is 10.2. The first kappa shape index (κ1) is 14.0. The largest absolute Gasteiger partial charge is 0.394 e. The maximum Gasteiger partial charge on any atom is 0.321 e. The summed E-state index contributed by atoms with van der Waals surface area (Å²) in [5, 5.41) is 11.8. The number of hydrogen-bond acceptors (Lipinski definition) is 2. The summed E-state index contributed by atoms with van der Waals surface area (Å²) in [5.41, 5.74) is 1.80. The Morgan fingerprint density at radius 3 is 2.76 bits per heavy atom. The van der Waals surface area contributed by atoms with Crippen molar-refractivity contribution >= 4 is 27.6 Å². The second-order valence-electron chi connectivity index (χ2n) is 4.04. The van der Waals surface area contributed by atoms with E-state index in [1.165, 1.54) is 4.90 Å². The fourth-order valence-corrected chi connectivity index (χ4v) is 1.50. The molecular weight excluding hydrogens is 284 g/mol. The van der Waals surface area contributed by atoms with Gasteiger partial charge < -0.3 is 15.3 Å². The molecule has 4 nitrogen and oxygen atoms in total. The summed E-state index contributed by atoms with van der Waals surface area (Å²) in [5.74, 6) is 0. The van der Waals surface area contributed by atoms with Crippen molar-refractivity contribution in [3.63, 3.8) is 0 Å². The van der Waals surface area contributed by atoms with Gasteiger partial charge in [-0.15, -0.1) is 0 Å². The predicted octanol–water partition coefficient (Wildman–Crippen LogP) is 2.60. The number of urea groups is 1. The number of aryl methyl sites for hydroxylation is 1. The van der Waals surface area contributed by atoms with Gasteiger partial charge in [0.25, 0.3) is 0 Å². The number of hydrogen-bond donors (Lipinski definition) is 2. The van der Waals surface area contributed by atoms with Crippen molar-refractivity contribution in [1.82, 2.24) is 4.90 Å². The summed E-state index contributed by atoms with van der Waals surface area (Å²) in [6, 6.07) is 5.17. The zero-order valence-corrected chi connectivity index (χ0v) is 11.8. The number of rotatable bonds is 3. The lowest BCUT2D eigenvalue weighted by atomic mass is 10.2. The maximum absolute atomic E-state index is 11.8. The molecule has 0 saturated heterocycles. The molecule has 0 heterocycles. The lowest BCUT2D eigenvalue weighted by Gasteiger charge is -2.23. The van der Waals surface area contributed by atoms with Crippen molar-refractivity contribution in [2.24, 2.45) is 0 Å². The van der Waals surface area contributed by atoms with Crippen LogP contribution in [0.4, 0.5) is 10.5 Å². The van der Waals surface area contributed by atoms with Gasteiger partial charge in [-0.05, 0) is 37.6 Å². The monoisotopic (exact) mass is 300 g/mol. The Labute approximate surface area is 110 Å². The Bertz CT molecular complexity index is 409. The van der Waals surface area contributed by atoms with Gasteiger partial charge in [-0.1, -0.05) is 15.9 Å². The molecule has 0 radical (unpaired) electrons. The van der Waals surface area contributed by atoms with Gasteiger partial charge in [0.05, 0.1) is 12.6 Å². The average Bonchev–Trinajstić information content (AvgIpc) is 2.31. The average molecular weight is 301 g/mol. The molecule has 0 aliphatic carbocycles. The molecule has 1 unspecified atom stereocenters. The van der Waals surface area contributed by atoms with Crippen molar-refractivity contribution in [3.8, 4) is 0 Å². The first-order valence-electron chi connectivity index (χ1n) is 5.36. The van der Waals surface area contributed by atoms with Crippen LogP contribution in [0.1, 0.15) is 12.5 Å². The van der Waals surface area contributed by atoms with Crippen LogP contribution in [0.3, 0.4) is 0 Å². The highest BCUT2D eigenvalue weighted by Crippen LogP contribution is 2.20. The van der Waals surface area contributed by atoms with Crippen molar-refractivity contribution in [2.75, 3.05) is 19.0 Å². The summed E-state index contributed by atoms with van der Waals surface area (Å²) >= 11 is 3.40. The molecule has 0 aliphatic rings. The highest BCUT2D eigenvalue weighted by Gasteiger charge is 2.14. The minimum atomic E-state index is -0.228. The van der Waals surface area contributed by atoms with Crippen molar-refractivity contribution in [1.29, 1.82) is 0 Å². The van der Waals surface area contributed by atoms with Crippen LogP contribution in [0.2, 0.25) is 0 Å². The van der Waals surface area contributed by atoms with E-state index in [-0.39, 0.29) is 18.7 Å².